The van der Waals surface area contributed by atoms with E-state index in [1.807, 2.05) is 72.8 Å². The number of aromatic nitrogens is 3. The fourth-order valence-corrected chi connectivity index (χ4v) is 9.74. The van der Waals surface area contributed by atoms with Crippen LogP contribution in [0.2, 0.25) is 0 Å². The molecule has 1 atom stereocenters. The molecule has 0 radical (unpaired) electrons. The molecule has 0 bridgehead atoms. The van der Waals surface area contributed by atoms with Crippen molar-refractivity contribution in [3.8, 4) is 73.6 Å². The van der Waals surface area contributed by atoms with Crippen molar-refractivity contribution in [1.29, 1.82) is 5.26 Å². The quantitative estimate of drug-likeness (QED) is 0.183. The number of nitrogens with zero attached hydrogens (tertiary/aromatic N) is 4. The average molecular weight is 705 g/mol. The highest BCUT2D eigenvalue weighted by Gasteiger charge is 2.52. The molecule has 0 aliphatic heterocycles. The van der Waals surface area contributed by atoms with Gasteiger partial charge in [-0.25, -0.2) is 15.0 Å². The zero-order chi connectivity index (χ0) is 35.8. The van der Waals surface area contributed by atoms with Gasteiger partial charge in [-0.05, 0) is 79.7 Å². The van der Waals surface area contributed by atoms with Crippen LogP contribution < -0.4 is 0 Å². The Balaban J connectivity index is 1.19. The first-order valence-corrected chi connectivity index (χ1v) is 18.9. The fraction of sp³-hybridized carbons (Fsp3) is 0.0204. The molecule has 4 nitrogen and oxygen atoms in total. The predicted octanol–water partition coefficient (Wildman–Crippen LogP) is 12.0. The third-order valence-electron chi connectivity index (χ3n) is 11.1. The molecule has 1 unspecified atom stereocenters. The second-order valence-corrected chi connectivity index (χ2v) is 14.8. The number of benzene rings is 7. The number of thiophene rings is 1. The molecule has 250 valence electrons. The zero-order valence-corrected chi connectivity index (χ0v) is 29.7. The number of hydrogen-bond donors (Lipinski definition) is 0. The van der Waals surface area contributed by atoms with Crippen LogP contribution in [0, 0.1) is 11.3 Å². The number of fused-ring (bicyclic) bond motifs is 12. The van der Waals surface area contributed by atoms with E-state index in [1.165, 1.54) is 60.2 Å². The van der Waals surface area contributed by atoms with Gasteiger partial charge in [0.15, 0.2) is 17.5 Å². The normalized spacial score (nSPS) is 14.7. The molecule has 54 heavy (non-hydrogen) atoms. The van der Waals surface area contributed by atoms with Crippen LogP contribution in [-0.2, 0) is 5.41 Å². The number of nitriles is 1. The Morgan fingerprint density at radius 2 is 1.00 bits per heavy atom. The van der Waals surface area contributed by atoms with E-state index in [2.05, 4.69) is 102 Å². The summed E-state index contributed by atoms with van der Waals surface area (Å²) in [7, 11) is 0. The van der Waals surface area contributed by atoms with Gasteiger partial charge >= 0.3 is 0 Å². The Labute approximate surface area is 316 Å². The summed E-state index contributed by atoms with van der Waals surface area (Å²) in [4.78, 5) is 15.2. The van der Waals surface area contributed by atoms with Gasteiger partial charge in [-0.2, -0.15) is 5.26 Å². The van der Waals surface area contributed by atoms with Crippen molar-refractivity contribution in [2.24, 2.45) is 0 Å². The minimum Gasteiger partial charge on any atom is -0.208 e. The summed E-state index contributed by atoms with van der Waals surface area (Å²) < 4.78 is 1.24. The van der Waals surface area contributed by atoms with E-state index < -0.39 is 5.41 Å². The van der Waals surface area contributed by atoms with Gasteiger partial charge in [-0.1, -0.05) is 140 Å². The van der Waals surface area contributed by atoms with Crippen molar-refractivity contribution in [3.05, 3.63) is 197 Å². The maximum atomic E-state index is 9.51. The predicted molar refractivity (Wildman–Crippen MR) is 218 cm³/mol. The van der Waals surface area contributed by atoms with Gasteiger partial charge < -0.3 is 0 Å². The summed E-state index contributed by atoms with van der Waals surface area (Å²) in [5, 5.41) is 13.0. The fourth-order valence-electron chi connectivity index (χ4n) is 8.77. The third-order valence-corrected chi connectivity index (χ3v) is 12.0. The highest BCUT2D eigenvalue weighted by molar-refractivity contribution is 7.17. The summed E-state index contributed by atoms with van der Waals surface area (Å²) in [5.74, 6) is 1.92. The van der Waals surface area contributed by atoms with Crippen molar-refractivity contribution in [2.75, 3.05) is 0 Å². The van der Waals surface area contributed by atoms with E-state index in [0.29, 0.717) is 23.0 Å². The molecule has 0 saturated heterocycles. The Hall–Kier alpha value is -7.00. The van der Waals surface area contributed by atoms with E-state index in [0.717, 1.165) is 22.3 Å². The van der Waals surface area contributed by atoms with Crippen LogP contribution in [0.5, 0.6) is 0 Å². The standard InChI is InChI=1S/C49H28N4S/c50-28-30-19-21-31(22-20-30)38-29-54-43-26-25-41-44(45(38)43)37-16-8-10-18-40(37)49(41)39-17-9-7-15-35(39)36-24-23-34(27-42(36)49)48-52-46(32-11-3-1-4-12-32)51-47(53-48)33-13-5-2-6-14-33/h1-27,29H. The van der Waals surface area contributed by atoms with E-state index in [4.69, 9.17) is 15.0 Å². The van der Waals surface area contributed by atoms with Crippen molar-refractivity contribution in [3.63, 3.8) is 0 Å². The molecule has 9 aromatic rings. The molecule has 11 rings (SSSR count). The lowest BCUT2D eigenvalue weighted by Crippen LogP contribution is -2.25. The molecular weight excluding hydrogens is 677 g/mol. The molecule has 0 N–H and O–H groups in total. The smallest absolute Gasteiger partial charge is 0.164 e. The maximum Gasteiger partial charge on any atom is 0.164 e. The van der Waals surface area contributed by atoms with Crippen LogP contribution >= 0.6 is 11.3 Å². The first kappa shape index (κ1) is 30.6. The Morgan fingerprint density at radius 3 is 1.67 bits per heavy atom. The van der Waals surface area contributed by atoms with Gasteiger partial charge in [-0.3, -0.25) is 0 Å². The molecule has 2 heterocycles. The highest BCUT2D eigenvalue weighted by atomic mass is 32.1. The van der Waals surface area contributed by atoms with Gasteiger partial charge in [0.1, 0.15) is 0 Å². The number of hydrogen-bond acceptors (Lipinski definition) is 5. The molecule has 5 heteroatoms. The van der Waals surface area contributed by atoms with E-state index in [-0.39, 0.29) is 0 Å². The minimum atomic E-state index is -0.552. The maximum absolute atomic E-state index is 9.51. The summed E-state index contributed by atoms with van der Waals surface area (Å²) in [5.41, 5.74) is 15.3. The second-order valence-electron chi connectivity index (χ2n) is 13.8. The average Bonchev–Trinajstić information content (AvgIpc) is 3.91. The lowest BCUT2D eigenvalue weighted by atomic mass is 9.70. The number of rotatable bonds is 4. The van der Waals surface area contributed by atoms with Crippen molar-refractivity contribution in [1.82, 2.24) is 15.0 Å². The Kier molecular flexibility index (Phi) is 6.67. The highest BCUT2D eigenvalue weighted by Crippen LogP contribution is 2.64. The molecule has 0 saturated carbocycles. The van der Waals surface area contributed by atoms with Crippen molar-refractivity contribution >= 4 is 21.4 Å². The molecule has 1 spiro atoms. The summed E-state index contributed by atoms with van der Waals surface area (Å²) >= 11 is 1.77. The van der Waals surface area contributed by atoms with Gasteiger partial charge in [-0.15, -0.1) is 11.3 Å². The molecule has 2 aliphatic rings. The van der Waals surface area contributed by atoms with Crippen LogP contribution in [0.15, 0.2) is 169 Å². The Morgan fingerprint density at radius 1 is 0.444 bits per heavy atom. The first-order chi connectivity index (χ1) is 26.7. The van der Waals surface area contributed by atoms with Gasteiger partial charge in [0.25, 0.3) is 0 Å². The van der Waals surface area contributed by atoms with E-state index >= 15 is 0 Å². The van der Waals surface area contributed by atoms with Crippen molar-refractivity contribution < 1.29 is 0 Å². The van der Waals surface area contributed by atoms with Crippen molar-refractivity contribution in [2.45, 2.75) is 5.41 Å². The van der Waals surface area contributed by atoms with Gasteiger partial charge in [0.05, 0.1) is 17.0 Å². The molecular formula is C49H28N4S. The topological polar surface area (TPSA) is 62.5 Å². The van der Waals surface area contributed by atoms with Crippen LogP contribution in [0.1, 0.15) is 27.8 Å². The molecule has 0 fully saturated rings. The summed E-state index contributed by atoms with van der Waals surface area (Å²) in [6.07, 6.45) is 0. The molecule has 7 aromatic carbocycles. The van der Waals surface area contributed by atoms with Crippen LogP contribution in [0.3, 0.4) is 0 Å². The minimum absolute atomic E-state index is 0.552. The summed E-state index contributed by atoms with van der Waals surface area (Å²) in [6, 6.07) is 59.8. The lowest BCUT2D eigenvalue weighted by Gasteiger charge is -2.30. The third kappa shape index (κ3) is 4.32. The molecule has 2 aliphatic carbocycles. The van der Waals surface area contributed by atoms with E-state index in [1.54, 1.807) is 11.3 Å². The zero-order valence-electron chi connectivity index (χ0n) is 28.9. The monoisotopic (exact) mass is 704 g/mol. The summed E-state index contributed by atoms with van der Waals surface area (Å²) in [6.45, 7) is 0. The van der Waals surface area contributed by atoms with Crippen LogP contribution in [0.25, 0.3) is 77.6 Å². The van der Waals surface area contributed by atoms with Gasteiger partial charge in [0, 0.05) is 32.3 Å². The van der Waals surface area contributed by atoms with E-state index in [9.17, 15) is 5.26 Å². The van der Waals surface area contributed by atoms with Crippen LogP contribution in [-0.4, -0.2) is 15.0 Å². The largest absolute Gasteiger partial charge is 0.208 e. The lowest BCUT2D eigenvalue weighted by molar-refractivity contribution is 0.794. The second kappa shape index (κ2) is 11.8. The Bertz CT molecular complexity index is 2940. The molecule has 0 amide bonds. The van der Waals surface area contributed by atoms with Crippen LogP contribution in [0.4, 0.5) is 0 Å². The molecule has 2 aromatic heterocycles. The van der Waals surface area contributed by atoms with Gasteiger partial charge in [0.2, 0.25) is 0 Å². The first-order valence-electron chi connectivity index (χ1n) is 18.0. The SMILES string of the molecule is N#Cc1ccc(-c2csc3ccc4c(c23)-c2ccccc2C42c3ccccc3-c3ccc(-c4nc(-c5ccccc5)nc(-c5ccccc5)n4)cc32)cc1.